The molecule has 250 valence electrons. The highest BCUT2D eigenvalue weighted by Gasteiger charge is 2.36. The number of aryl methyl sites for hydroxylation is 1. The van der Waals surface area contributed by atoms with Gasteiger partial charge in [-0.15, -0.1) is 0 Å². The van der Waals surface area contributed by atoms with E-state index in [4.69, 9.17) is 9.72 Å². The van der Waals surface area contributed by atoms with E-state index in [2.05, 4.69) is 76.7 Å². The van der Waals surface area contributed by atoms with Crippen LogP contribution in [-0.2, 0) is 17.8 Å². The van der Waals surface area contributed by atoms with Crippen molar-refractivity contribution in [2.45, 2.75) is 70.7 Å². The summed E-state index contributed by atoms with van der Waals surface area (Å²) in [5.41, 5.74) is 5.47. The van der Waals surface area contributed by atoms with Crippen molar-refractivity contribution < 1.29 is 13.9 Å². The fraction of sp³-hybridized carbons (Fsp3) is 0.474. The molecule has 2 atom stereocenters. The van der Waals surface area contributed by atoms with Crippen LogP contribution in [0.5, 0.6) is 5.88 Å². The number of amides is 1. The number of piperidine rings is 1. The topological polar surface area (TPSA) is 99.7 Å². The molecular weight excluding hydrogens is 605 g/mol. The normalized spacial score (nSPS) is 19.4. The average Bonchev–Trinajstić information content (AvgIpc) is 3.11. The molecule has 2 saturated heterocycles. The van der Waals surface area contributed by atoms with Crippen molar-refractivity contribution in [2.24, 2.45) is 0 Å². The van der Waals surface area contributed by atoms with Gasteiger partial charge < -0.3 is 19.4 Å². The third kappa shape index (κ3) is 6.42. The Morgan fingerprint density at radius 1 is 1.12 bits per heavy atom. The second-order valence-corrected chi connectivity index (χ2v) is 13.1. The van der Waals surface area contributed by atoms with Gasteiger partial charge in [0.2, 0.25) is 11.8 Å². The molecule has 0 radical (unpaired) electrons. The number of nitriles is 2. The molecule has 2 fully saturated rings. The van der Waals surface area contributed by atoms with Crippen molar-refractivity contribution >= 4 is 28.1 Å². The number of pyridine rings is 1. The summed E-state index contributed by atoms with van der Waals surface area (Å²) in [6.45, 7) is 11.6. The fourth-order valence-corrected chi connectivity index (χ4v) is 7.77. The molecule has 0 aliphatic carbocycles. The van der Waals surface area contributed by atoms with Gasteiger partial charge in [0, 0.05) is 61.9 Å². The second kappa shape index (κ2) is 14.6. The van der Waals surface area contributed by atoms with E-state index in [1.54, 1.807) is 4.90 Å². The number of carbonyl (C=O) groups is 1. The number of alkyl halides is 1. The summed E-state index contributed by atoms with van der Waals surface area (Å²) in [7, 11) is 0. The molecule has 0 N–H and O–H groups in total. The van der Waals surface area contributed by atoms with Crippen LogP contribution in [0.3, 0.4) is 0 Å². The number of likely N-dealkylation sites (tertiary alicyclic amines) is 1. The lowest BCUT2D eigenvalue weighted by Gasteiger charge is -2.43. The summed E-state index contributed by atoms with van der Waals surface area (Å²) < 4.78 is 20.2. The van der Waals surface area contributed by atoms with E-state index < -0.39 is 0 Å². The monoisotopic (exact) mass is 649 g/mol. The number of benzene rings is 2. The SMILES string of the molecule is C=CC(=O)N1CCN(c2c(C#N)c(OC3CCN(C(CC)CF)CC3)nc3c2CCN(c2cccc4cccc(C)c24)C3)C[C@@H]1CC#N. The first kappa shape index (κ1) is 33.2. The zero-order valence-electron chi connectivity index (χ0n) is 28.0. The van der Waals surface area contributed by atoms with E-state index in [-0.39, 0.29) is 37.2 Å². The Bertz CT molecular complexity index is 1750. The Hall–Kier alpha value is -4.67. The molecule has 0 spiro atoms. The number of anilines is 2. The molecule has 1 unspecified atom stereocenters. The Balaban J connectivity index is 1.38. The number of halogens is 1. The molecule has 0 saturated carbocycles. The van der Waals surface area contributed by atoms with E-state index in [9.17, 15) is 19.7 Å². The Kier molecular flexibility index (Phi) is 10.1. The van der Waals surface area contributed by atoms with Crippen molar-refractivity contribution in [2.75, 3.05) is 55.7 Å². The zero-order chi connectivity index (χ0) is 33.8. The summed E-state index contributed by atoms with van der Waals surface area (Å²) in [5, 5.41) is 22.7. The lowest BCUT2D eigenvalue weighted by Crippen LogP contribution is -2.55. The van der Waals surface area contributed by atoms with Crippen LogP contribution in [0.1, 0.15) is 55.0 Å². The van der Waals surface area contributed by atoms with Crippen LogP contribution >= 0.6 is 0 Å². The fourth-order valence-electron chi connectivity index (χ4n) is 7.77. The molecule has 6 rings (SSSR count). The largest absolute Gasteiger partial charge is 0.473 e. The highest BCUT2D eigenvalue weighted by atomic mass is 19.1. The van der Waals surface area contributed by atoms with Crippen molar-refractivity contribution in [1.82, 2.24) is 14.8 Å². The van der Waals surface area contributed by atoms with Gasteiger partial charge in [0.25, 0.3) is 0 Å². The molecule has 0 bridgehead atoms. The molecule has 3 aliphatic rings. The van der Waals surface area contributed by atoms with E-state index in [0.717, 1.165) is 61.5 Å². The van der Waals surface area contributed by atoms with Crippen LogP contribution in [0.4, 0.5) is 15.8 Å². The van der Waals surface area contributed by atoms with Crippen molar-refractivity contribution in [3.8, 4) is 18.0 Å². The zero-order valence-corrected chi connectivity index (χ0v) is 28.0. The van der Waals surface area contributed by atoms with Crippen molar-refractivity contribution in [3.05, 3.63) is 71.4 Å². The summed E-state index contributed by atoms with van der Waals surface area (Å²) >= 11 is 0. The maximum Gasteiger partial charge on any atom is 0.246 e. The number of hydrogen-bond acceptors (Lipinski definition) is 8. The highest BCUT2D eigenvalue weighted by molar-refractivity contribution is 5.97. The standard InChI is InChI=1S/C38H44FN7O2/c1-4-28(22-39)43-17-13-30(14-18-43)48-38-32(23-41)37(45-20-21-46(35(47)5-2)29(24-45)12-16-40)31-15-19-44(25-33(31)42-38)34-11-7-10-27-9-6-8-26(3)36(27)34/h5-11,28-30H,2,4,12-15,17-22,24-25H2,1,3H3/t28?,29-/m0/s1. The quantitative estimate of drug-likeness (QED) is 0.273. The van der Waals surface area contributed by atoms with Crippen LogP contribution in [-0.4, -0.2) is 84.8 Å². The summed E-state index contributed by atoms with van der Waals surface area (Å²) in [6, 6.07) is 17.0. The first-order valence-electron chi connectivity index (χ1n) is 17.1. The van der Waals surface area contributed by atoms with E-state index in [1.165, 1.54) is 22.4 Å². The van der Waals surface area contributed by atoms with Gasteiger partial charge in [0.1, 0.15) is 24.4 Å². The number of carbonyl (C=O) groups excluding carboxylic acids is 1. The predicted octanol–water partition coefficient (Wildman–Crippen LogP) is 5.69. The van der Waals surface area contributed by atoms with E-state index in [0.29, 0.717) is 44.0 Å². The number of ether oxygens (including phenoxy) is 1. The lowest BCUT2D eigenvalue weighted by atomic mass is 9.95. The molecule has 48 heavy (non-hydrogen) atoms. The van der Waals surface area contributed by atoms with Crippen LogP contribution in [0.15, 0.2) is 49.1 Å². The first-order chi connectivity index (χ1) is 23.4. The minimum absolute atomic E-state index is 0.0780. The predicted molar refractivity (Wildman–Crippen MR) is 186 cm³/mol. The van der Waals surface area contributed by atoms with Gasteiger partial charge in [-0.25, -0.2) is 9.37 Å². The van der Waals surface area contributed by atoms with Gasteiger partial charge in [-0.3, -0.25) is 9.69 Å². The van der Waals surface area contributed by atoms with Crippen LogP contribution in [0.2, 0.25) is 0 Å². The Labute approximate surface area is 282 Å². The summed E-state index contributed by atoms with van der Waals surface area (Å²) in [5.74, 6) is 0.140. The van der Waals surface area contributed by atoms with E-state index >= 15 is 0 Å². The first-order valence-corrected chi connectivity index (χ1v) is 17.1. The second-order valence-electron chi connectivity index (χ2n) is 13.1. The van der Waals surface area contributed by atoms with Gasteiger partial charge in [0.15, 0.2) is 0 Å². The molecule has 1 aromatic heterocycles. The van der Waals surface area contributed by atoms with Gasteiger partial charge in [-0.2, -0.15) is 10.5 Å². The smallest absolute Gasteiger partial charge is 0.246 e. The van der Waals surface area contributed by atoms with Gasteiger partial charge in [-0.05, 0) is 55.7 Å². The lowest BCUT2D eigenvalue weighted by molar-refractivity contribution is -0.128. The molecule has 4 heterocycles. The van der Waals surface area contributed by atoms with Gasteiger partial charge >= 0.3 is 0 Å². The van der Waals surface area contributed by atoms with Crippen molar-refractivity contribution in [1.29, 1.82) is 10.5 Å². The summed E-state index contributed by atoms with van der Waals surface area (Å²) in [6.07, 6.45) is 4.24. The molecule has 3 aromatic rings. The van der Waals surface area contributed by atoms with Crippen molar-refractivity contribution in [3.63, 3.8) is 0 Å². The van der Waals surface area contributed by atoms with Crippen LogP contribution < -0.4 is 14.5 Å². The number of aromatic nitrogens is 1. The average molecular weight is 650 g/mol. The minimum Gasteiger partial charge on any atom is -0.473 e. The number of piperazine rings is 1. The van der Waals surface area contributed by atoms with Gasteiger partial charge in [0.05, 0.1) is 36.5 Å². The summed E-state index contributed by atoms with van der Waals surface area (Å²) in [4.78, 5) is 26.2. The molecule has 3 aliphatic heterocycles. The Morgan fingerprint density at radius 2 is 1.90 bits per heavy atom. The number of hydrogen-bond donors (Lipinski definition) is 0. The molecule has 2 aromatic carbocycles. The highest BCUT2D eigenvalue weighted by Crippen LogP contribution is 2.40. The maximum atomic E-state index is 13.6. The third-order valence-corrected chi connectivity index (χ3v) is 10.3. The minimum atomic E-state index is -0.360. The molecule has 10 heteroatoms. The van der Waals surface area contributed by atoms with Crippen LogP contribution in [0, 0.1) is 29.6 Å². The number of nitrogens with zero attached hydrogens (tertiary/aromatic N) is 7. The van der Waals surface area contributed by atoms with Crippen LogP contribution in [0.25, 0.3) is 10.8 Å². The molecule has 1 amide bonds. The number of rotatable bonds is 9. The van der Waals surface area contributed by atoms with Gasteiger partial charge in [-0.1, -0.05) is 43.8 Å². The van der Waals surface area contributed by atoms with E-state index in [1.807, 2.05) is 6.92 Å². The maximum absolute atomic E-state index is 13.6. The Morgan fingerprint density at radius 3 is 2.58 bits per heavy atom. The molecular formula is C38H44FN7O2. The molecule has 9 nitrogen and oxygen atoms in total. The third-order valence-electron chi connectivity index (χ3n) is 10.3. The number of fused-ring (bicyclic) bond motifs is 2.